The largest absolute Gasteiger partial charge is 0.356 e. The van der Waals surface area contributed by atoms with E-state index in [1.165, 1.54) is 0 Å². The Morgan fingerprint density at radius 3 is 2.72 bits per heavy atom. The number of hydrogen-bond acceptors (Lipinski definition) is 4. The molecule has 7 nitrogen and oxygen atoms in total. The van der Waals surface area contributed by atoms with Crippen molar-refractivity contribution in [1.82, 2.24) is 25.2 Å². The lowest BCUT2D eigenvalue weighted by atomic mass is 10.0. The molecule has 2 aromatic rings. The quantitative estimate of drug-likeness (QED) is 0.897. The summed E-state index contributed by atoms with van der Waals surface area (Å²) in [6.45, 7) is 5.75. The minimum atomic E-state index is 0.0825. The summed E-state index contributed by atoms with van der Waals surface area (Å²) in [7, 11) is 2.13. The topological polar surface area (TPSA) is 77.2 Å². The maximum atomic E-state index is 12.2. The number of nitrogens with one attached hydrogen (secondary N) is 2. The molecule has 4 rings (SSSR count). The zero-order valence-corrected chi connectivity index (χ0v) is 15.1. The van der Waals surface area contributed by atoms with Crippen LogP contribution < -0.4 is 10.2 Å². The molecule has 1 aliphatic carbocycles. The first-order valence-corrected chi connectivity index (χ1v) is 9.09. The second-order valence-corrected chi connectivity index (χ2v) is 7.70. The van der Waals surface area contributed by atoms with E-state index in [1.807, 2.05) is 31.0 Å². The summed E-state index contributed by atoms with van der Waals surface area (Å²) in [5, 5.41) is 4.08. The van der Waals surface area contributed by atoms with Gasteiger partial charge in [-0.15, -0.1) is 0 Å². The molecule has 0 spiro atoms. The molecule has 0 aromatic carbocycles. The predicted octanol–water partition coefficient (Wildman–Crippen LogP) is 2.22. The summed E-state index contributed by atoms with van der Waals surface area (Å²) in [4.78, 5) is 28.5. The predicted molar refractivity (Wildman–Crippen MR) is 97.5 cm³/mol. The summed E-state index contributed by atoms with van der Waals surface area (Å²) >= 11 is 0. The van der Waals surface area contributed by atoms with Gasteiger partial charge in [-0.3, -0.25) is 0 Å². The lowest BCUT2D eigenvalue weighted by Crippen LogP contribution is -2.42. The van der Waals surface area contributed by atoms with E-state index in [0.29, 0.717) is 17.9 Å². The van der Waals surface area contributed by atoms with Crippen LogP contribution >= 0.6 is 0 Å². The lowest BCUT2D eigenvalue weighted by Gasteiger charge is -2.28. The van der Waals surface area contributed by atoms with Gasteiger partial charge >= 0.3 is 6.03 Å². The molecule has 1 saturated carbocycles. The van der Waals surface area contributed by atoms with Crippen LogP contribution in [0.1, 0.15) is 26.7 Å². The number of urea groups is 1. The van der Waals surface area contributed by atoms with Crippen LogP contribution in [0.15, 0.2) is 18.6 Å². The third kappa shape index (κ3) is 2.92. The molecule has 1 saturated heterocycles. The summed E-state index contributed by atoms with van der Waals surface area (Å²) in [6, 6.07) is 2.78. The Labute approximate surface area is 147 Å². The molecule has 7 heteroatoms. The number of anilines is 1. The number of rotatable bonds is 3. The minimum Gasteiger partial charge on any atom is -0.356 e. The monoisotopic (exact) mass is 342 g/mol. The van der Waals surface area contributed by atoms with E-state index in [0.717, 1.165) is 42.8 Å². The van der Waals surface area contributed by atoms with Gasteiger partial charge in [0, 0.05) is 38.4 Å². The summed E-state index contributed by atoms with van der Waals surface area (Å²) < 4.78 is 0. The van der Waals surface area contributed by atoms with Crippen LogP contribution in [0.3, 0.4) is 0 Å². The molecule has 0 radical (unpaired) electrons. The average Bonchev–Trinajstić information content (AvgIpc) is 3.26. The van der Waals surface area contributed by atoms with Gasteiger partial charge in [-0.05, 0) is 44.6 Å². The van der Waals surface area contributed by atoms with E-state index in [1.54, 1.807) is 6.33 Å². The first-order valence-electron chi connectivity index (χ1n) is 9.09. The first-order chi connectivity index (χ1) is 12.0. The molecule has 25 heavy (non-hydrogen) atoms. The molecule has 2 aliphatic rings. The van der Waals surface area contributed by atoms with E-state index < -0.39 is 0 Å². The van der Waals surface area contributed by atoms with E-state index in [2.05, 4.69) is 32.2 Å². The highest BCUT2D eigenvalue weighted by Gasteiger charge is 2.43. The number of aromatic amines is 1. The third-order valence-corrected chi connectivity index (χ3v) is 5.64. The Balaban J connectivity index is 1.43. The van der Waals surface area contributed by atoms with Gasteiger partial charge in [-0.2, -0.15) is 0 Å². The van der Waals surface area contributed by atoms with Crippen LogP contribution in [0.2, 0.25) is 0 Å². The van der Waals surface area contributed by atoms with Crippen molar-refractivity contribution in [2.45, 2.75) is 38.8 Å². The number of likely N-dealkylation sites (tertiary alicyclic amines) is 1. The molecule has 0 bridgehead atoms. The fourth-order valence-electron chi connectivity index (χ4n) is 4.40. The van der Waals surface area contributed by atoms with Crippen molar-refractivity contribution >= 4 is 22.9 Å². The number of amides is 2. The van der Waals surface area contributed by atoms with Crippen molar-refractivity contribution in [3.63, 3.8) is 0 Å². The second kappa shape index (κ2) is 6.20. The van der Waals surface area contributed by atoms with E-state index in [-0.39, 0.29) is 12.1 Å². The van der Waals surface area contributed by atoms with Gasteiger partial charge in [-0.25, -0.2) is 14.8 Å². The number of fused-ring (bicyclic) bond motifs is 2. The third-order valence-electron chi connectivity index (χ3n) is 5.64. The van der Waals surface area contributed by atoms with Crippen molar-refractivity contribution in [3.05, 3.63) is 18.6 Å². The smallest absolute Gasteiger partial charge is 0.317 e. The molecule has 3 atom stereocenters. The Bertz CT molecular complexity index is 758. The Kier molecular flexibility index (Phi) is 4.01. The molecule has 2 aromatic heterocycles. The van der Waals surface area contributed by atoms with Gasteiger partial charge in [0.05, 0.1) is 5.39 Å². The maximum Gasteiger partial charge on any atom is 0.317 e. The van der Waals surface area contributed by atoms with Gasteiger partial charge < -0.3 is 20.1 Å². The van der Waals surface area contributed by atoms with Crippen molar-refractivity contribution in [2.24, 2.45) is 11.8 Å². The van der Waals surface area contributed by atoms with Gasteiger partial charge in [-0.1, -0.05) is 0 Å². The molecular weight excluding hydrogens is 316 g/mol. The van der Waals surface area contributed by atoms with Crippen molar-refractivity contribution in [2.75, 3.05) is 25.0 Å². The number of carbonyl (C=O) groups is 1. The van der Waals surface area contributed by atoms with Crippen molar-refractivity contribution in [3.8, 4) is 0 Å². The Hall–Kier alpha value is -2.31. The zero-order valence-electron chi connectivity index (χ0n) is 15.1. The van der Waals surface area contributed by atoms with Crippen LogP contribution in [0.4, 0.5) is 10.6 Å². The normalized spacial score (nSPS) is 25.6. The van der Waals surface area contributed by atoms with Crippen LogP contribution in [-0.4, -0.2) is 58.1 Å². The first kappa shape index (κ1) is 16.2. The molecule has 2 unspecified atom stereocenters. The summed E-state index contributed by atoms with van der Waals surface area (Å²) in [6.07, 6.45) is 5.76. The standard InChI is InChI=1S/C18H26N6O/c1-11(2)22-18(25)24-8-12-6-14(7-13(12)9-24)23(3)17-15-4-5-19-16(15)20-10-21-17/h4-5,10-14H,6-9H2,1-3H3,(H,22,25)(H,19,20,21)/t12-,13?,14?/m0/s1. The molecule has 2 amide bonds. The highest BCUT2D eigenvalue weighted by Crippen LogP contribution is 2.41. The molecule has 134 valence electrons. The van der Waals surface area contributed by atoms with Gasteiger partial charge in [0.2, 0.25) is 0 Å². The van der Waals surface area contributed by atoms with Gasteiger partial charge in [0.25, 0.3) is 0 Å². The Morgan fingerprint density at radius 1 is 1.32 bits per heavy atom. The lowest BCUT2D eigenvalue weighted by molar-refractivity contribution is 0.202. The SMILES string of the molecule is CC(C)NC(=O)N1CC2CC(N(C)c3ncnc4[nH]ccc34)C[C@H]2C1. The van der Waals surface area contributed by atoms with Crippen molar-refractivity contribution < 1.29 is 4.79 Å². The van der Waals surface area contributed by atoms with Crippen LogP contribution in [0.25, 0.3) is 11.0 Å². The number of hydrogen-bond donors (Lipinski definition) is 2. The van der Waals surface area contributed by atoms with Crippen LogP contribution in [-0.2, 0) is 0 Å². The molecule has 2 N–H and O–H groups in total. The van der Waals surface area contributed by atoms with E-state index in [4.69, 9.17) is 0 Å². The van der Waals surface area contributed by atoms with Crippen LogP contribution in [0.5, 0.6) is 0 Å². The highest BCUT2D eigenvalue weighted by atomic mass is 16.2. The second-order valence-electron chi connectivity index (χ2n) is 7.70. The fourth-order valence-corrected chi connectivity index (χ4v) is 4.40. The van der Waals surface area contributed by atoms with Gasteiger partial charge in [0.15, 0.2) is 0 Å². The van der Waals surface area contributed by atoms with Crippen molar-refractivity contribution in [1.29, 1.82) is 0 Å². The average molecular weight is 342 g/mol. The Morgan fingerprint density at radius 2 is 2.04 bits per heavy atom. The summed E-state index contributed by atoms with van der Waals surface area (Å²) in [5.74, 6) is 2.17. The molecular formula is C18H26N6O. The van der Waals surface area contributed by atoms with Crippen LogP contribution in [0, 0.1) is 11.8 Å². The number of aromatic nitrogens is 3. The molecule has 2 fully saturated rings. The zero-order chi connectivity index (χ0) is 17.6. The fraction of sp³-hybridized carbons (Fsp3) is 0.611. The number of H-pyrrole nitrogens is 1. The highest BCUT2D eigenvalue weighted by molar-refractivity contribution is 5.87. The summed E-state index contributed by atoms with van der Waals surface area (Å²) in [5.41, 5.74) is 0.881. The van der Waals surface area contributed by atoms with E-state index >= 15 is 0 Å². The molecule has 3 heterocycles. The molecule has 1 aliphatic heterocycles. The van der Waals surface area contributed by atoms with E-state index in [9.17, 15) is 4.79 Å². The maximum absolute atomic E-state index is 12.2. The minimum absolute atomic E-state index is 0.0825. The van der Waals surface area contributed by atoms with Gasteiger partial charge in [0.1, 0.15) is 17.8 Å². The number of carbonyl (C=O) groups excluding carboxylic acids is 1. The number of nitrogens with zero attached hydrogens (tertiary/aromatic N) is 4.